The van der Waals surface area contributed by atoms with Crippen LogP contribution >= 0.6 is 0 Å². The molecule has 0 aliphatic carbocycles. The maximum atomic E-state index is 11.5. The number of aliphatic imine (C=N–C) groups is 1. The van der Waals surface area contributed by atoms with Gasteiger partial charge in [-0.25, -0.2) is 4.99 Å². The molecule has 1 aliphatic heterocycles. The molecule has 4 heteroatoms. The van der Waals surface area contributed by atoms with Gasteiger partial charge in [-0.1, -0.05) is 12.1 Å². The van der Waals surface area contributed by atoms with Crippen LogP contribution in [0.15, 0.2) is 23.2 Å². The van der Waals surface area contributed by atoms with Gasteiger partial charge in [0.15, 0.2) is 0 Å². The Kier molecular flexibility index (Phi) is 2.33. The number of anilines is 1. The Hall–Kier alpha value is -1.97. The van der Waals surface area contributed by atoms with Crippen molar-refractivity contribution in [2.75, 3.05) is 5.32 Å². The highest BCUT2D eigenvalue weighted by Gasteiger charge is 2.18. The van der Waals surface area contributed by atoms with Crippen LogP contribution in [0.2, 0.25) is 0 Å². The van der Waals surface area contributed by atoms with Crippen molar-refractivity contribution in [3.05, 3.63) is 29.3 Å². The van der Waals surface area contributed by atoms with E-state index < -0.39 is 0 Å². The Morgan fingerprint density at radius 1 is 1.47 bits per heavy atom. The molecule has 0 saturated heterocycles. The molecule has 0 fully saturated rings. The molecule has 2 amide bonds. The van der Waals surface area contributed by atoms with Crippen molar-refractivity contribution in [3.63, 3.8) is 0 Å². The molecular formula is C11H10N2O2. The first kappa shape index (κ1) is 9.58. The molecule has 2 rings (SSSR count). The maximum absolute atomic E-state index is 11.5. The number of benzene rings is 1. The third-order valence-corrected chi connectivity index (χ3v) is 2.20. The number of rotatable bonds is 1. The van der Waals surface area contributed by atoms with Crippen molar-refractivity contribution < 1.29 is 9.59 Å². The van der Waals surface area contributed by atoms with Crippen LogP contribution in [-0.2, 0) is 11.2 Å². The summed E-state index contributed by atoms with van der Waals surface area (Å²) in [6.45, 7) is 1.41. The molecule has 76 valence electrons. The van der Waals surface area contributed by atoms with E-state index in [0.29, 0.717) is 17.7 Å². The first-order chi connectivity index (χ1) is 7.18. The minimum absolute atomic E-state index is 0.189. The van der Waals surface area contributed by atoms with E-state index in [9.17, 15) is 9.59 Å². The van der Waals surface area contributed by atoms with E-state index >= 15 is 0 Å². The molecule has 0 atom stereocenters. The van der Waals surface area contributed by atoms with E-state index in [-0.39, 0.29) is 11.8 Å². The molecule has 0 spiro atoms. The largest absolute Gasteiger partial charge is 0.326 e. The van der Waals surface area contributed by atoms with Crippen LogP contribution < -0.4 is 5.32 Å². The number of carbonyl (C=O) groups is 2. The highest BCUT2D eigenvalue weighted by Crippen LogP contribution is 2.23. The minimum Gasteiger partial charge on any atom is -0.326 e. The molecule has 4 nitrogen and oxygen atoms in total. The predicted molar refractivity (Wildman–Crippen MR) is 57.3 cm³/mol. The molecular weight excluding hydrogens is 192 g/mol. The smallest absolute Gasteiger partial charge is 0.279 e. The number of hydrogen-bond acceptors (Lipinski definition) is 2. The van der Waals surface area contributed by atoms with E-state index in [0.717, 1.165) is 5.56 Å². The van der Waals surface area contributed by atoms with Crippen LogP contribution in [0.25, 0.3) is 0 Å². The lowest BCUT2D eigenvalue weighted by molar-refractivity contribution is -0.114. The molecule has 0 saturated carbocycles. The van der Waals surface area contributed by atoms with Gasteiger partial charge in [-0.15, -0.1) is 0 Å². The van der Waals surface area contributed by atoms with Gasteiger partial charge in [-0.2, -0.15) is 0 Å². The maximum Gasteiger partial charge on any atom is 0.279 e. The molecule has 1 aromatic rings. The Balaban J connectivity index is 2.50. The number of nitrogens with zero attached hydrogens (tertiary/aromatic N) is 1. The fourth-order valence-corrected chi connectivity index (χ4v) is 1.61. The van der Waals surface area contributed by atoms with Crippen molar-refractivity contribution in [1.29, 1.82) is 0 Å². The summed E-state index contributed by atoms with van der Waals surface area (Å²) >= 11 is 0. The first-order valence-electron chi connectivity index (χ1n) is 4.65. The summed E-state index contributed by atoms with van der Waals surface area (Å²) in [4.78, 5) is 26.2. The standard InChI is InChI=1S/C11H10N2O2/c1-7(14)13-9-4-2-3-8-5-6-12-11(15)10(8)9/h2-4,6H,5H2,1H3,(H,13,14). The monoisotopic (exact) mass is 202 g/mol. The second-order valence-corrected chi connectivity index (χ2v) is 3.34. The van der Waals surface area contributed by atoms with Crippen molar-refractivity contribution in [2.24, 2.45) is 4.99 Å². The van der Waals surface area contributed by atoms with Crippen molar-refractivity contribution in [2.45, 2.75) is 13.3 Å². The minimum atomic E-state index is -0.291. The predicted octanol–water partition coefficient (Wildman–Crippen LogP) is 1.41. The Morgan fingerprint density at radius 2 is 2.27 bits per heavy atom. The van der Waals surface area contributed by atoms with E-state index in [4.69, 9.17) is 0 Å². The SMILES string of the molecule is CC(=O)Nc1cccc2c1C(=O)N=CC2. The summed E-state index contributed by atoms with van der Waals surface area (Å²) < 4.78 is 0. The van der Waals surface area contributed by atoms with Crippen molar-refractivity contribution in [3.8, 4) is 0 Å². The van der Waals surface area contributed by atoms with E-state index in [2.05, 4.69) is 10.3 Å². The quantitative estimate of drug-likeness (QED) is 0.748. The molecule has 0 radical (unpaired) electrons. The number of fused-ring (bicyclic) bond motifs is 1. The molecule has 1 N–H and O–H groups in total. The van der Waals surface area contributed by atoms with Gasteiger partial charge in [-0.05, 0) is 11.6 Å². The number of hydrogen-bond donors (Lipinski definition) is 1. The van der Waals surface area contributed by atoms with Gasteiger partial charge in [0.05, 0.1) is 11.3 Å². The lowest BCUT2D eigenvalue weighted by atomic mass is 10.0. The summed E-state index contributed by atoms with van der Waals surface area (Å²) in [6, 6.07) is 5.39. The average Bonchev–Trinajstić information content (AvgIpc) is 2.17. The summed E-state index contributed by atoms with van der Waals surface area (Å²) in [5.41, 5.74) is 1.96. The van der Waals surface area contributed by atoms with Crippen LogP contribution in [-0.4, -0.2) is 18.0 Å². The topological polar surface area (TPSA) is 58.5 Å². The van der Waals surface area contributed by atoms with Gasteiger partial charge < -0.3 is 5.32 Å². The summed E-state index contributed by atoms with van der Waals surface area (Å²) in [5, 5.41) is 2.63. The van der Waals surface area contributed by atoms with Crippen LogP contribution in [0.5, 0.6) is 0 Å². The summed E-state index contributed by atoms with van der Waals surface area (Å²) in [5.74, 6) is -0.480. The molecule has 0 unspecified atom stereocenters. The second kappa shape index (κ2) is 3.65. The highest BCUT2D eigenvalue weighted by molar-refractivity contribution is 6.09. The average molecular weight is 202 g/mol. The first-order valence-corrected chi connectivity index (χ1v) is 4.65. The van der Waals surface area contributed by atoms with Gasteiger partial charge in [0.2, 0.25) is 5.91 Å². The molecule has 0 aromatic heterocycles. The summed E-state index contributed by atoms with van der Waals surface area (Å²) in [7, 11) is 0. The van der Waals surface area contributed by atoms with Gasteiger partial charge in [0, 0.05) is 19.6 Å². The van der Waals surface area contributed by atoms with E-state index in [1.807, 2.05) is 12.1 Å². The van der Waals surface area contributed by atoms with Crippen LogP contribution in [0.4, 0.5) is 5.69 Å². The molecule has 1 heterocycles. The zero-order valence-electron chi connectivity index (χ0n) is 8.28. The lowest BCUT2D eigenvalue weighted by Gasteiger charge is -2.13. The zero-order valence-corrected chi connectivity index (χ0v) is 8.28. The van der Waals surface area contributed by atoms with Crippen molar-refractivity contribution >= 4 is 23.7 Å². The lowest BCUT2D eigenvalue weighted by Crippen LogP contribution is -2.15. The highest BCUT2D eigenvalue weighted by atomic mass is 16.2. The van der Waals surface area contributed by atoms with Gasteiger partial charge in [-0.3, -0.25) is 9.59 Å². The van der Waals surface area contributed by atoms with Crippen LogP contribution in [0.1, 0.15) is 22.8 Å². The van der Waals surface area contributed by atoms with Crippen molar-refractivity contribution in [1.82, 2.24) is 0 Å². The summed E-state index contributed by atoms with van der Waals surface area (Å²) in [6.07, 6.45) is 2.22. The molecule has 0 bridgehead atoms. The van der Waals surface area contributed by atoms with Gasteiger partial charge in [0.25, 0.3) is 5.91 Å². The fraction of sp³-hybridized carbons (Fsp3) is 0.182. The van der Waals surface area contributed by atoms with Gasteiger partial charge >= 0.3 is 0 Å². The second-order valence-electron chi connectivity index (χ2n) is 3.34. The number of nitrogens with one attached hydrogen (secondary N) is 1. The Bertz CT molecular complexity index is 464. The normalized spacial score (nSPS) is 13.5. The third-order valence-electron chi connectivity index (χ3n) is 2.20. The molecule has 1 aromatic carbocycles. The molecule has 1 aliphatic rings. The Labute approximate surface area is 87.0 Å². The Morgan fingerprint density at radius 3 is 3.00 bits per heavy atom. The van der Waals surface area contributed by atoms with Crippen LogP contribution in [0.3, 0.4) is 0 Å². The number of carbonyl (C=O) groups excluding carboxylic acids is 2. The third kappa shape index (κ3) is 1.79. The van der Waals surface area contributed by atoms with E-state index in [1.54, 1.807) is 12.3 Å². The fourth-order valence-electron chi connectivity index (χ4n) is 1.61. The zero-order chi connectivity index (χ0) is 10.8. The number of amides is 2. The molecule has 15 heavy (non-hydrogen) atoms. The van der Waals surface area contributed by atoms with Gasteiger partial charge in [0.1, 0.15) is 0 Å². The van der Waals surface area contributed by atoms with Crippen LogP contribution in [0, 0.1) is 0 Å². The van der Waals surface area contributed by atoms with E-state index in [1.165, 1.54) is 6.92 Å².